The summed E-state index contributed by atoms with van der Waals surface area (Å²) in [7, 11) is 0. The Morgan fingerprint density at radius 3 is 2.06 bits per heavy atom. The normalized spacial score (nSPS) is 15.3. The average molecular weight is 424 g/mol. The van der Waals surface area contributed by atoms with Crippen LogP contribution >= 0.6 is 0 Å². The van der Waals surface area contributed by atoms with Gasteiger partial charge in [0.25, 0.3) is 5.91 Å². The van der Waals surface area contributed by atoms with Gasteiger partial charge in [-0.1, -0.05) is 62.4 Å². The summed E-state index contributed by atoms with van der Waals surface area (Å²) in [6, 6.07) is 16.5. The van der Waals surface area contributed by atoms with E-state index in [9.17, 15) is 14.4 Å². The van der Waals surface area contributed by atoms with Crippen LogP contribution in [0, 0.1) is 5.92 Å². The topological polar surface area (TPSA) is 87.7 Å². The number of benzene rings is 2. The lowest BCUT2D eigenvalue weighted by atomic mass is 10.0. The van der Waals surface area contributed by atoms with Crippen LogP contribution in [0.5, 0.6) is 0 Å². The lowest BCUT2D eigenvalue weighted by Gasteiger charge is -2.27. The molecular formula is C24H29N3O4. The maximum absolute atomic E-state index is 13.1. The third-order valence-corrected chi connectivity index (χ3v) is 5.22. The lowest BCUT2D eigenvalue weighted by Crippen LogP contribution is -2.48. The number of carbonyl (C=O) groups is 3. The first kappa shape index (κ1) is 22.3. The molecule has 164 valence electrons. The Bertz CT molecular complexity index is 880. The molecule has 2 N–H and O–H groups in total. The van der Waals surface area contributed by atoms with Gasteiger partial charge in [-0.15, -0.1) is 0 Å². The molecule has 0 bridgehead atoms. The molecule has 7 heteroatoms. The predicted molar refractivity (Wildman–Crippen MR) is 118 cm³/mol. The number of anilines is 1. The van der Waals surface area contributed by atoms with Gasteiger partial charge in [0.05, 0.1) is 0 Å². The summed E-state index contributed by atoms with van der Waals surface area (Å²) in [5.74, 6) is -1.10. The van der Waals surface area contributed by atoms with Crippen molar-refractivity contribution in [2.24, 2.45) is 5.92 Å². The molecule has 0 saturated carbocycles. The van der Waals surface area contributed by atoms with E-state index in [1.807, 2.05) is 26.0 Å². The number of rotatable bonds is 7. The van der Waals surface area contributed by atoms with Crippen LogP contribution in [0.15, 0.2) is 60.7 Å². The van der Waals surface area contributed by atoms with Gasteiger partial charge in [-0.2, -0.15) is 0 Å². The molecule has 1 fully saturated rings. The second-order valence-corrected chi connectivity index (χ2v) is 7.95. The second-order valence-electron chi connectivity index (χ2n) is 7.95. The molecule has 31 heavy (non-hydrogen) atoms. The number of carbonyl (C=O) groups excluding carboxylic acids is 3. The van der Waals surface area contributed by atoms with E-state index < -0.39 is 24.1 Å². The summed E-state index contributed by atoms with van der Waals surface area (Å²) in [6.07, 6.45) is 0.848. The highest BCUT2D eigenvalue weighted by Crippen LogP contribution is 2.24. The second kappa shape index (κ2) is 10.6. The Hall–Kier alpha value is -3.35. The van der Waals surface area contributed by atoms with E-state index in [1.54, 1.807) is 53.4 Å². The number of likely N-dealkylation sites (tertiary alicyclic amines) is 1. The quantitative estimate of drug-likeness (QED) is 0.664. The minimum absolute atomic E-state index is 0.228. The first-order valence-corrected chi connectivity index (χ1v) is 10.6. The molecule has 3 rings (SSSR count). The zero-order valence-corrected chi connectivity index (χ0v) is 17.9. The molecule has 3 amide bonds. The fourth-order valence-corrected chi connectivity index (χ4v) is 3.51. The summed E-state index contributed by atoms with van der Waals surface area (Å²) in [5, 5.41) is 5.38. The van der Waals surface area contributed by atoms with Crippen LogP contribution < -0.4 is 10.6 Å². The van der Waals surface area contributed by atoms with Crippen molar-refractivity contribution < 1.29 is 19.1 Å². The van der Waals surface area contributed by atoms with Crippen molar-refractivity contribution in [3.63, 3.8) is 0 Å². The molecule has 0 radical (unpaired) electrons. The number of esters is 1. The molecule has 2 atom stereocenters. The number of hydrogen-bond donors (Lipinski definition) is 2. The standard InChI is InChI=1S/C24H29N3O4/c1-17(2)20(26-24(30)25-19-13-7-4-8-14-19)23(29)31-21(18-11-5-3-6-12-18)22(28)27-15-9-10-16-27/h3-8,11-14,17,20-21H,9-10,15-16H2,1-2H3,(H2,25,26,30)/t20-,21-/m1/s1. The van der Waals surface area contributed by atoms with Crippen LogP contribution in [0.1, 0.15) is 38.4 Å². The average Bonchev–Trinajstić information content (AvgIpc) is 3.31. The van der Waals surface area contributed by atoms with Gasteiger partial charge in [0.1, 0.15) is 6.04 Å². The number of hydrogen-bond acceptors (Lipinski definition) is 4. The van der Waals surface area contributed by atoms with Gasteiger partial charge in [0.2, 0.25) is 6.10 Å². The first-order chi connectivity index (χ1) is 15.0. The molecule has 0 spiro atoms. The van der Waals surface area contributed by atoms with Gasteiger partial charge in [-0.05, 0) is 30.9 Å². The molecule has 0 aliphatic carbocycles. The number of nitrogens with one attached hydrogen (secondary N) is 2. The molecule has 1 aliphatic rings. The molecule has 1 heterocycles. The lowest BCUT2D eigenvalue weighted by molar-refractivity contribution is -0.162. The molecule has 1 saturated heterocycles. The molecule has 0 aromatic heterocycles. The Morgan fingerprint density at radius 2 is 1.48 bits per heavy atom. The third kappa shape index (κ3) is 6.07. The minimum atomic E-state index is -1.04. The van der Waals surface area contributed by atoms with E-state index in [0.717, 1.165) is 12.8 Å². The zero-order chi connectivity index (χ0) is 22.2. The first-order valence-electron chi connectivity index (χ1n) is 10.6. The SMILES string of the molecule is CC(C)[C@@H](NC(=O)Nc1ccccc1)C(=O)O[C@@H](C(=O)N1CCCC1)c1ccccc1. The van der Waals surface area contributed by atoms with Crippen molar-refractivity contribution in [1.29, 1.82) is 0 Å². The number of ether oxygens (including phenoxy) is 1. The van der Waals surface area contributed by atoms with E-state index in [2.05, 4.69) is 10.6 Å². The summed E-state index contributed by atoms with van der Waals surface area (Å²) in [4.78, 5) is 40.3. The highest BCUT2D eigenvalue weighted by Gasteiger charge is 2.34. The maximum atomic E-state index is 13.1. The summed E-state index contributed by atoms with van der Waals surface area (Å²) >= 11 is 0. The Kier molecular flexibility index (Phi) is 7.65. The van der Waals surface area contributed by atoms with E-state index in [0.29, 0.717) is 24.3 Å². The van der Waals surface area contributed by atoms with Gasteiger partial charge in [-0.25, -0.2) is 9.59 Å². The summed E-state index contributed by atoms with van der Waals surface area (Å²) in [5.41, 5.74) is 1.23. The number of nitrogens with zero attached hydrogens (tertiary/aromatic N) is 1. The molecular weight excluding hydrogens is 394 g/mol. The maximum Gasteiger partial charge on any atom is 0.330 e. The molecule has 7 nitrogen and oxygen atoms in total. The van der Waals surface area contributed by atoms with Crippen LogP contribution in [0.4, 0.5) is 10.5 Å². The Morgan fingerprint density at radius 1 is 0.903 bits per heavy atom. The fraction of sp³-hybridized carbons (Fsp3) is 0.375. The monoisotopic (exact) mass is 423 g/mol. The van der Waals surface area contributed by atoms with Crippen molar-refractivity contribution in [3.05, 3.63) is 66.2 Å². The number of urea groups is 1. The highest BCUT2D eigenvalue weighted by atomic mass is 16.5. The third-order valence-electron chi connectivity index (χ3n) is 5.22. The van der Waals surface area contributed by atoms with Crippen LogP contribution in [0.3, 0.4) is 0 Å². The smallest absolute Gasteiger partial charge is 0.330 e. The van der Waals surface area contributed by atoms with E-state index in [-0.39, 0.29) is 11.8 Å². The Labute approximate surface area is 182 Å². The van der Waals surface area contributed by atoms with Crippen LogP contribution in [0.25, 0.3) is 0 Å². The van der Waals surface area contributed by atoms with Crippen molar-refractivity contribution in [3.8, 4) is 0 Å². The van der Waals surface area contributed by atoms with E-state index >= 15 is 0 Å². The largest absolute Gasteiger partial charge is 0.446 e. The minimum Gasteiger partial charge on any atom is -0.446 e. The molecule has 2 aromatic carbocycles. The highest BCUT2D eigenvalue weighted by molar-refractivity contribution is 5.93. The van der Waals surface area contributed by atoms with Gasteiger partial charge >= 0.3 is 12.0 Å². The fourth-order valence-electron chi connectivity index (χ4n) is 3.51. The zero-order valence-electron chi connectivity index (χ0n) is 17.9. The van der Waals surface area contributed by atoms with Gasteiger partial charge < -0.3 is 20.3 Å². The number of para-hydroxylation sites is 1. The summed E-state index contributed by atoms with van der Waals surface area (Å²) < 4.78 is 5.71. The van der Waals surface area contributed by atoms with Crippen molar-refractivity contribution >= 4 is 23.6 Å². The molecule has 2 aromatic rings. The molecule has 0 unspecified atom stereocenters. The van der Waals surface area contributed by atoms with E-state index in [1.165, 1.54) is 0 Å². The number of amides is 3. The van der Waals surface area contributed by atoms with Crippen molar-refractivity contribution in [2.75, 3.05) is 18.4 Å². The van der Waals surface area contributed by atoms with Gasteiger partial charge in [0.15, 0.2) is 0 Å². The Balaban J connectivity index is 1.72. The van der Waals surface area contributed by atoms with Gasteiger partial charge in [-0.3, -0.25) is 4.79 Å². The van der Waals surface area contributed by atoms with Crippen LogP contribution in [0.2, 0.25) is 0 Å². The van der Waals surface area contributed by atoms with Crippen molar-refractivity contribution in [2.45, 2.75) is 38.8 Å². The predicted octanol–water partition coefficient (Wildman–Crippen LogP) is 3.74. The van der Waals surface area contributed by atoms with E-state index in [4.69, 9.17) is 4.74 Å². The van der Waals surface area contributed by atoms with Crippen molar-refractivity contribution in [1.82, 2.24) is 10.2 Å². The summed E-state index contributed by atoms with van der Waals surface area (Å²) in [6.45, 7) is 4.94. The van der Waals surface area contributed by atoms with Crippen LogP contribution in [-0.2, 0) is 14.3 Å². The van der Waals surface area contributed by atoms with Crippen LogP contribution in [-0.4, -0.2) is 41.9 Å². The molecule has 1 aliphatic heterocycles. The van der Waals surface area contributed by atoms with Gasteiger partial charge in [0, 0.05) is 24.3 Å².